The first-order valence-corrected chi connectivity index (χ1v) is 21.7. The Balaban J connectivity index is 4.52. The molecule has 1 unspecified atom stereocenters. The number of aliphatic hydroxyl groups is 2. The van der Waals surface area contributed by atoms with Gasteiger partial charge in [0.1, 0.15) is 19.8 Å². The van der Waals surface area contributed by atoms with Gasteiger partial charge in [0, 0.05) is 12.8 Å². The zero-order valence-corrected chi connectivity index (χ0v) is 34.4. The Hall–Kier alpha value is -1.59. The average Bonchev–Trinajstić information content (AvgIpc) is 3.08. The minimum Gasteiger partial charge on any atom is -0.756 e. The molecule has 0 rings (SSSR count). The fourth-order valence-corrected chi connectivity index (χ4v) is 5.97. The van der Waals surface area contributed by atoms with Crippen LogP contribution >= 0.6 is 7.82 Å². The smallest absolute Gasteiger partial charge is 0.306 e. The first kappa shape index (κ1) is 50.4. The molecule has 12 heteroatoms. The van der Waals surface area contributed by atoms with Crippen LogP contribution < -0.4 is 4.89 Å². The van der Waals surface area contributed by atoms with Gasteiger partial charge < -0.3 is 38.1 Å². The molecule has 0 aromatic carbocycles. The summed E-state index contributed by atoms with van der Waals surface area (Å²) in [4.78, 5) is 37.4. The van der Waals surface area contributed by atoms with Crippen molar-refractivity contribution < 1.29 is 52.3 Å². The molecule has 0 aromatic heterocycles. The Morgan fingerprint density at radius 3 is 1.85 bits per heavy atom. The lowest BCUT2D eigenvalue weighted by Gasteiger charge is -2.28. The molecule has 0 amide bonds. The van der Waals surface area contributed by atoms with Crippen LogP contribution in [-0.2, 0) is 32.7 Å². The van der Waals surface area contributed by atoms with Crippen molar-refractivity contribution in [3.63, 3.8) is 0 Å². The van der Waals surface area contributed by atoms with Gasteiger partial charge in [-0.15, -0.1) is 0 Å². The van der Waals surface area contributed by atoms with E-state index in [1.54, 1.807) is 0 Å². The summed E-state index contributed by atoms with van der Waals surface area (Å²) in [6.45, 7) is 3.92. The molecule has 0 fully saturated rings. The summed E-state index contributed by atoms with van der Waals surface area (Å²) in [6, 6.07) is 0. The number of unbranched alkanes of at least 4 members (excludes halogenated alkanes) is 14. The van der Waals surface area contributed by atoms with Gasteiger partial charge in [0.2, 0.25) is 0 Å². The van der Waals surface area contributed by atoms with Crippen molar-refractivity contribution in [2.45, 2.75) is 173 Å². The van der Waals surface area contributed by atoms with E-state index in [2.05, 4.69) is 32.1 Å². The highest BCUT2D eigenvalue weighted by Crippen LogP contribution is 2.38. The number of phosphoric ester groups is 1. The highest BCUT2D eigenvalue weighted by Gasteiger charge is 2.22. The number of rotatable bonds is 36. The summed E-state index contributed by atoms with van der Waals surface area (Å²) >= 11 is 0. The molecular weight excluding hydrogens is 685 g/mol. The summed E-state index contributed by atoms with van der Waals surface area (Å²) in [6.07, 6.45) is 25.2. The van der Waals surface area contributed by atoms with E-state index in [4.69, 9.17) is 18.5 Å². The highest BCUT2D eigenvalue weighted by atomic mass is 31.2. The molecule has 2 N–H and O–H groups in total. The largest absolute Gasteiger partial charge is 0.756 e. The molecule has 0 bridgehead atoms. The Bertz CT molecular complexity index is 984. The number of esters is 2. The Kier molecular flexibility index (Phi) is 31.8. The predicted molar refractivity (Wildman–Crippen MR) is 206 cm³/mol. The van der Waals surface area contributed by atoms with Gasteiger partial charge in [-0.1, -0.05) is 109 Å². The van der Waals surface area contributed by atoms with Crippen molar-refractivity contribution in [2.24, 2.45) is 0 Å². The maximum atomic E-state index is 12.6. The third-order valence-electron chi connectivity index (χ3n) is 8.64. The van der Waals surface area contributed by atoms with Gasteiger partial charge in [0.25, 0.3) is 7.82 Å². The van der Waals surface area contributed by atoms with Crippen LogP contribution in [0.3, 0.4) is 0 Å². The second-order valence-electron chi connectivity index (χ2n) is 14.9. The second kappa shape index (κ2) is 32.8. The number of phosphoric acid groups is 1. The quantitative estimate of drug-likeness (QED) is 0.0211. The predicted octanol–water partition coefficient (Wildman–Crippen LogP) is 8.11. The van der Waals surface area contributed by atoms with Crippen molar-refractivity contribution in [3.8, 4) is 0 Å². The topological polar surface area (TPSA) is 152 Å². The van der Waals surface area contributed by atoms with E-state index >= 15 is 0 Å². The minimum absolute atomic E-state index is 0.0573. The molecule has 0 aliphatic rings. The summed E-state index contributed by atoms with van der Waals surface area (Å²) < 4.78 is 33.6. The summed E-state index contributed by atoms with van der Waals surface area (Å²) in [5, 5.41) is 20.4. The number of quaternary nitrogens is 1. The Morgan fingerprint density at radius 1 is 0.673 bits per heavy atom. The number of carbonyl (C=O) groups is 2. The molecule has 0 aliphatic heterocycles. The summed E-state index contributed by atoms with van der Waals surface area (Å²) in [5.74, 6) is -0.959. The number of aliphatic hydroxyl groups excluding tert-OH is 2. The van der Waals surface area contributed by atoms with Gasteiger partial charge in [0.15, 0.2) is 6.10 Å². The van der Waals surface area contributed by atoms with E-state index < -0.39 is 44.7 Å². The molecule has 0 saturated carbocycles. The number of carbonyl (C=O) groups excluding carboxylic acids is 2. The van der Waals surface area contributed by atoms with Crippen molar-refractivity contribution in [1.29, 1.82) is 0 Å². The van der Waals surface area contributed by atoms with E-state index in [1.807, 2.05) is 27.2 Å². The van der Waals surface area contributed by atoms with Crippen LogP contribution in [0.1, 0.15) is 155 Å². The number of nitrogens with zero attached hydrogens (tertiary/aromatic N) is 1. The number of likely N-dealkylation sites (N-methyl/N-ethyl adjacent to an activating group) is 1. The molecule has 0 spiro atoms. The Labute approximate surface area is 316 Å². The zero-order chi connectivity index (χ0) is 38.9. The molecule has 11 nitrogen and oxygen atoms in total. The molecule has 0 heterocycles. The lowest BCUT2D eigenvalue weighted by Crippen LogP contribution is -2.37. The molecular formula is C40H76NO10P. The van der Waals surface area contributed by atoms with Crippen LogP contribution in [0.15, 0.2) is 24.3 Å². The highest BCUT2D eigenvalue weighted by molar-refractivity contribution is 7.45. The first-order valence-electron chi connectivity index (χ1n) is 20.2. The lowest BCUT2D eigenvalue weighted by atomic mass is 10.0. The van der Waals surface area contributed by atoms with Gasteiger partial charge in [-0.05, 0) is 57.8 Å². The van der Waals surface area contributed by atoms with Gasteiger partial charge in [-0.25, -0.2) is 0 Å². The molecule has 306 valence electrons. The molecule has 0 aromatic rings. The van der Waals surface area contributed by atoms with Gasteiger partial charge in [-0.2, -0.15) is 0 Å². The summed E-state index contributed by atoms with van der Waals surface area (Å²) in [7, 11) is 1.07. The standard InChI is InChI=1S/C40H76NO10P/c1-6-8-10-12-14-15-16-17-18-22-27-31-40(45)51-36(35-50-52(46,47)49-33-32-41(3,4)5)34-48-39(44)30-26-23-19-21-25-29-38(43)37(42)28-24-20-13-11-9-7-2/h12,14,20,24,36-38,42-43H,6-11,13,15-19,21-23,25-35H2,1-5H3/b14-12-,24-20-/t36-,37-,38-/m1/s1. The van der Waals surface area contributed by atoms with Gasteiger partial charge in [0.05, 0.1) is 40.0 Å². The average molecular weight is 762 g/mol. The van der Waals surface area contributed by atoms with E-state index in [9.17, 15) is 29.3 Å². The maximum Gasteiger partial charge on any atom is 0.306 e. The number of allylic oxidation sites excluding steroid dienone is 3. The van der Waals surface area contributed by atoms with E-state index in [1.165, 1.54) is 25.7 Å². The number of hydrogen-bond donors (Lipinski definition) is 2. The van der Waals surface area contributed by atoms with Crippen molar-refractivity contribution in [2.75, 3.05) is 47.5 Å². The second-order valence-corrected chi connectivity index (χ2v) is 16.4. The van der Waals surface area contributed by atoms with Gasteiger partial charge >= 0.3 is 11.9 Å². The first-order chi connectivity index (χ1) is 24.8. The van der Waals surface area contributed by atoms with Crippen molar-refractivity contribution in [3.05, 3.63) is 24.3 Å². The SMILES string of the molecule is CCCC/C=C\CCCCCCCC(=O)O[C@H](COC(=O)CCCCCCC[C@@H](O)[C@H](O)C/C=C\CCCCC)COP(=O)([O-])OCC[N+](C)(C)C. The normalized spacial score (nSPS) is 15.2. The zero-order valence-electron chi connectivity index (χ0n) is 33.5. The number of hydrogen-bond acceptors (Lipinski definition) is 10. The third kappa shape index (κ3) is 34.2. The fourth-order valence-electron chi connectivity index (χ4n) is 5.25. The monoisotopic (exact) mass is 762 g/mol. The van der Waals surface area contributed by atoms with E-state index in [0.717, 1.165) is 77.0 Å². The maximum absolute atomic E-state index is 12.6. The number of ether oxygens (including phenoxy) is 2. The van der Waals surface area contributed by atoms with E-state index in [0.29, 0.717) is 36.7 Å². The molecule has 4 atom stereocenters. The minimum atomic E-state index is -4.65. The third-order valence-corrected chi connectivity index (χ3v) is 9.61. The summed E-state index contributed by atoms with van der Waals surface area (Å²) in [5.41, 5.74) is 0. The molecule has 0 aliphatic carbocycles. The van der Waals surface area contributed by atoms with Crippen molar-refractivity contribution >= 4 is 19.8 Å². The van der Waals surface area contributed by atoms with Crippen LogP contribution in [0.2, 0.25) is 0 Å². The van der Waals surface area contributed by atoms with Crippen LogP contribution in [0.4, 0.5) is 0 Å². The van der Waals surface area contributed by atoms with Crippen molar-refractivity contribution in [1.82, 2.24) is 0 Å². The van der Waals surface area contributed by atoms with Crippen LogP contribution in [0, 0.1) is 0 Å². The van der Waals surface area contributed by atoms with E-state index in [-0.39, 0.29) is 26.1 Å². The molecule has 52 heavy (non-hydrogen) atoms. The lowest BCUT2D eigenvalue weighted by molar-refractivity contribution is -0.870. The molecule has 0 saturated heterocycles. The molecule has 0 radical (unpaired) electrons. The van der Waals surface area contributed by atoms with Crippen LogP contribution in [-0.4, -0.2) is 92.5 Å². The van der Waals surface area contributed by atoms with Crippen LogP contribution in [0.25, 0.3) is 0 Å². The fraction of sp³-hybridized carbons (Fsp3) is 0.850. The van der Waals surface area contributed by atoms with Crippen LogP contribution in [0.5, 0.6) is 0 Å². The Morgan fingerprint density at radius 2 is 1.21 bits per heavy atom. The van der Waals surface area contributed by atoms with Gasteiger partial charge in [-0.3, -0.25) is 14.2 Å².